The maximum Gasteiger partial charge on any atom is 0.254 e. The Kier molecular flexibility index (Phi) is 4.11. The lowest BCUT2D eigenvalue weighted by atomic mass is 10.1. The first-order valence-corrected chi connectivity index (χ1v) is 10.6. The van der Waals surface area contributed by atoms with Crippen molar-refractivity contribution in [1.82, 2.24) is 18.8 Å². The smallest absolute Gasteiger partial charge is 0.254 e. The van der Waals surface area contributed by atoms with Crippen LogP contribution in [-0.2, 0) is 10.0 Å². The lowest BCUT2D eigenvalue weighted by Crippen LogP contribution is -2.42. The summed E-state index contributed by atoms with van der Waals surface area (Å²) in [5, 5.41) is 3.95. The number of nitrogen functional groups attached to an aromatic ring is 1. The second-order valence-electron chi connectivity index (χ2n) is 7.05. The third kappa shape index (κ3) is 3.26. The summed E-state index contributed by atoms with van der Waals surface area (Å²) < 4.78 is 26.4. The van der Waals surface area contributed by atoms with Crippen LogP contribution in [0.15, 0.2) is 17.1 Å². The second kappa shape index (κ2) is 6.20. The molecule has 2 aromatic rings. The number of aromatic nitrogens is 3. The molecule has 1 saturated heterocycles. The molecule has 26 heavy (non-hydrogen) atoms. The van der Waals surface area contributed by atoms with Gasteiger partial charge < -0.3 is 11.1 Å². The second-order valence-corrected chi connectivity index (χ2v) is 9.03. The van der Waals surface area contributed by atoms with Crippen molar-refractivity contribution in [3.63, 3.8) is 0 Å². The van der Waals surface area contributed by atoms with Crippen LogP contribution in [-0.4, -0.2) is 52.6 Å². The van der Waals surface area contributed by atoms with Crippen LogP contribution in [0.5, 0.6) is 0 Å². The van der Waals surface area contributed by atoms with Crippen molar-refractivity contribution < 1.29 is 8.42 Å². The SMILES string of the molecule is CS(=O)(=O)N1CCC(Nc2ncc3c(N)cc(=O)n(C4CC4)c3n2)CC1. The Hall–Kier alpha value is -2.20. The van der Waals surface area contributed by atoms with Gasteiger partial charge in [0.05, 0.1) is 11.6 Å². The summed E-state index contributed by atoms with van der Waals surface area (Å²) in [4.78, 5) is 21.2. The Bertz CT molecular complexity index is 1010. The summed E-state index contributed by atoms with van der Waals surface area (Å²) in [5.41, 5.74) is 6.77. The number of nitrogens with zero attached hydrogens (tertiary/aromatic N) is 4. The highest BCUT2D eigenvalue weighted by molar-refractivity contribution is 7.88. The minimum atomic E-state index is -3.15. The molecule has 10 heteroatoms. The van der Waals surface area contributed by atoms with E-state index in [4.69, 9.17) is 5.73 Å². The number of rotatable bonds is 4. The predicted octanol–water partition coefficient (Wildman–Crippen LogP) is 0.544. The summed E-state index contributed by atoms with van der Waals surface area (Å²) in [6, 6.07) is 1.71. The Morgan fingerprint density at radius 2 is 1.92 bits per heavy atom. The van der Waals surface area contributed by atoms with Crippen LogP contribution in [0, 0.1) is 0 Å². The van der Waals surface area contributed by atoms with E-state index >= 15 is 0 Å². The van der Waals surface area contributed by atoms with Gasteiger partial charge in [-0.05, 0) is 25.7 Å². The third-order valence-corrected chi connectivity index (χ3v) is 6.30. The van der Waals surface area contributed by atoms with Crippen molar-refractivity contribution in [2.45, 2.75) is 37.8 Å². The molecule has 0 amide bonds. The number of anilines is 2. The average Bonchev–Trinajstić information content (AvgIpc) is 3.39. The number of piperidine rings is 1. The Morgan fingerprint density at radius 3 is 2.54 bits per heavy atom. The van der Waals surface area contributed by atoms with Gasteiger partial charge in [-0.3, -0.25) is 9.36 Å². The van der Waals surface area contributed by atoms with Gasteiger partial charge in [-0.2, -0.15) is 4.98 Å². The van der Waals surface area contributed by atoms with Crippen LogP contribution in [0.2, 0.25) is 0 Å². The molecular weight excluding hydrogens is 356 g/mol. The first-order valence-electron chi connectivity index (χ1n) is 8.72. The summed E-state index contributed by atoms with van der Waals surface area (Å²) in [6.45, 7) is 0.952. The highest BCUT2D eigenvalue weighted by atomic mass is 32.2. The molecule has 0 spiro atoms. The number of pyridine rings is 1. The van der Waals surface area contributed by atoms with E-state index in [1.165, 1.54) is 16.6 Å². The highest BCUT2D eigenvalue weighted by Gasteiger charge is 2.28. The van der Waals surface area contributed by atoms with Crippen molar-refractivity contribution >= 4 is 32.7 Å². The van der Waals surface area contributed by atoms with Crippen LogP contribution < -0.4 is 16.6 Å². The van der Waals surface area contributed by atoms with E-state index in [1.807, 2.05) is 0 Å². The number of hydrogen-bond donors (Lipinski definition) is 2. The minimum Gasteiger partial charge on any atom is -0.398 e. The third-order valence-electron chi connectivity index (χ3n) is 4.99. The Labute approximate surface area is 151 Å². The molecule has 9 nitrogen and oxygen atoms in total. The number of fused-ring (bicyclic) bond motifs is 1. The van der Waals surface area contributed by atoms with Gasteiger partial charge in [0.1, 0.15) is 0 Å². The molecule has 0 bridgehead atoms. The van der Waals surface area contributed by atoms with Gasteiger partial charge >= 0.3 is 0 Å². The Balaban J connectivity index is 1.58. The number of nitrogens with two attached hydrogens (primary N) is 1. The van der Waals surface area contributed by atoms with E-state index in [0.29, 0.717) is 48.6 Å². The fourth-order valence-corrected chi connectivity index (χ4v) is 4.29. The molecule has 3 heterocycles. The minimum absolute atomic E-state index is 0.0904. The number of hydrogen-bond acceptors (Lipinski definition) is 7. The quantitative estimate of drug-likeness (QED) is 0.796. The largest absolute Gasteiger partial charge is 0.398 e. The standard InChI is InChI=1S/C16H22N6O3S/c1-26(24,25)21-6-4-10(5-7-21)19-16-18-9-12-13(17)8-14(23)22(11-2-3-11)15(12)20-16/h8-11H,2-7,17H2,1H3,(H,18,19,20). The predicted molar refractivity (Wildman–Crippen MR) is 99.5 cm³/mol. The van der Waals surface area contributed by atoms with Crippen molar-refractivity contribution in [3.05, 3.63) is 22.6 Å². The van der Waals surface area contributed by atoms with Crippen LogP contribution in [0.3, 0.4) is 0 Å². The summed E-state index contributed by atoms with van der Waals surface area (Å²) >= 11 is 0. The molecule has 2 aromatic heterocycles. The molecule has 1 aliphatic heterocycles. The topological polar surface area (TPSA) is 123 Å². The van der Waals surface area contributed by atoms with Crippen LogP contribution in [0.4, 0.5) is 11.6 Å². The lowest BCUT2D eigenvalue weighted by Gasteiger charge is -2.30. The molecule has 2 fully saturated rings. The zero-order valence-corrected chi connectivity index (χ0v) is 15.4. The van der Waals surface area contributed by atoms with Crippen LogP contribution in [0.25, 0.3) is 11.0 Å². The molecule has 0 atom stereocenters. The van der Waals surface area contributed by atoms with E-state index < -0.39 is 10.0 Å². The molecule has 0 unspecified atom stereocenters. The van der Waals surface area contributed by atoms with E-state index in [0.717, 1.165) is 12.8 Å². The maximum atomic E-state index is 12.3. The molecule has 0 aromatic carbocycles. The van der Waals surface area contributed by atoms with Gasteiger partial charge in [-0.1, -0.05) is 0 Å². The monoisotopic (exact) mass is 378 g/mol. The molecule has 140 valence electrons. The fraction of sp³-hybridized carbons (Fsp3) is 0.562. The van der Waals surface area contributed by atoms with Gasteiger partial charge in [0.25, 0.3) is 5.56 Å². The summed E-state index contributed by atoms with van der Waals surface area (Å²) in [6.07, 6.45) is 6.17. The van der Waals surface area contributed by atoms with Gasteiger partial charge in [0.2, 0.25) is 16.0 Å². The first-order chi connectivity index (χ1) is 12.3. The van der Waals surface area contributed by atoms with E-state index in [9.17, 15) is 13.2 Å². The number of sulfonamides is 1. The normalized spacial score (nSPS) is 19.7. The van der Waals surface area contributed by atoms with Crippen molar-refractivity contribution in [1.29, 1.82) is 0 Å². The van der Waals surface area contributed by atoms with Crippen LogP contribution >= 0.6 is 0 Å². The van der Waals surface area contributed by atoms with Gasteiger partial charge in [0, 0.05) is 43.1 Å². The van der Waals surface area contributed by atoms with Crippen molar-refractivity contribution in [2.24, 2.45) is 0 Å². The molecule has 2 aliphatic rings. The first kappa shape index (κ1) is 17.2. The van der Waals surface area contributed by atoms with Gasteiger partial charge in [-0.15, -0.1) is 0 Å². The van der Waals surface area contributed by atoms with Crippen molar-refractivity contribution in [2.75, 3.05) is 30.4 Å². The lowest BCUT2D eigenvalue weighted by molar-refractivity contribution is 0.331. The average molecular weight is 378 g/mol. The summed E-state index contributed by atoms with van der Waals surface area (Å²) in [5.74, 6) is 0.440. The molecule has 1 saturated carbocycles. The number of nitrogens with one attached hydrogen (secondary N) is 1. The summed E-state index contributed by atoms with van der Waals surface area (Å²) in [7, 11) is -3.15. The fourth-order valence-electron chi connectivity index (χ4n) is 3.41. The zero-order chi connectivity index (χ0) is 18.5. The van der Waals surface area contributed by atoms with E-state index in [1.54, 1.807) is 10.8 Å². The molecule has 1 aliphatic carbocycles. The molecule has 4 rings (SSSR count). The highest BCUT2D eigenvalue weighted by Crippen LogP contribution is 2.36. The van der Waals surface area contributed by atoms with E-state index in [-0.39, 0.29) is 17.6 Å². The maximum absolute atomic E-state index is 12.3. The molecule has 3 N–H and O–H groups in total. The zero-order valence-electron chi connectivity index (χ0n) is 14.6. The Morgan fingerprint density at radius 1 is 1.23 bits per heavy atom. The molecule has 0 radical (unpaired) electrons. The van der Waals surface area contributed by atoms with Gasteiger partial charge in [-0.25, -0.2) is 17.7 Å². The van der Waals surface area contributed by atoms with Crippen LogP contribution in [0.1, 0.15) is 31.7 Å². The van der Waals surface area contributed by atoms with E-state index in [2.05, 4.69) is 15.3 Å². The molecular formula is C16H22N6O3S. The van der Waals surface area contributed by atoms with Crippen molar-refractivity contribution in [3.8, 4) is 0 Å². The van der Waals surface area contributed by atoms with Gasteiger partial charge in [0.15, 0.2) is 5.65 Å².